The number of nitrogens with zero attached hydrogens (tertiary/aromatic N) is 7. The Morgan fingerprint density at radius 2 is 0.691 bits per heavy atom. The zero-order valence-corrected chi connectivity index (χ0v) is 69.9. The highest BCUT2D eigenvalue weighted by Crippen LogP contribution is 2.38. The molecule has 6 unspecified atom stereocenters. The van der Waals surface area contributed by atoms with Crippen LogP contribution in [0, 0.1) is 35.5 Å². The number of hydrogen-bond donors (Lipinski definition) is 3. The van der Waals surface area contributed by atoms with Crippen molar-refractivity contribution in [1.82, 2.24) is 34.8 Å². The summed E-state index contributed by atoms with van der Waals surface area (Å²) in [7, 11) is 3.62. The average Bonchev–Trinajstić information content (AvgIpc) is 1.79. The molecule has 6 aromatic rings. The third kappa shape index (κ3) is 33.6. The molecule has 0 bridgehead atoms. The van der Waals surface area contributed by atoms with Gasteiger partial charge < -0.3 is 26.2 Å². The lowest BCUT2D eigenvalue weighted by atomic mass is 9.91. The summed E-state index contributed by atoms with van der Waals surface area (Å²) in [6.07, 6.45) is 6.70. The Hall–Kier alpha value is -3.89. The molecule has 6 heterocycles. The third-order valence-corrected chi connectivity index (χ3v) is 23.3. The van der Waals surface area contributed by atoms with Crippen LogP contribution in [0.3, 0.4) is 0 Å². The number of thiazole rings is 6. The average molecular weight is 1460 g/mol. The van der Waals surface area contributed by atoms with E-state index in [2.05, 4.69) is 220 Å². The predicted octanol–water partition coefficient (Wildman–Crippen LogP) is 21.9. The van der Waals surface area contributed by atoms with Gasteiger partial charge in [0, 0.05) is 108 Å². The monoisotopic (exact) mass is 1460 g/mol. The van der Waals surface area contributed by atoms with Gasteiger partial charge in [-0.3, -0.25) is 14.4 Å². The summed E-state index contributed by atoms with van der Waals surface area (Å²) in [6, 6.07) is 0. The van der Waals surface area contributed by atoms with Gasteiger partial charge in [-0.2, -0.15) is 0 Å². The molecule has 0 fully saturated rings. The lowest BCUT2D eigenvalue weighted by Gasteiger charge is -2.19. The van der Waals surface area contributed by atoms with Crippen LogP contribution in [0.25, 0.3) is 0 Å². The summed E-state index contributed by atoms with van der Waals surface area (Å²) in [6.45, 7) is 56.8. The summed E-state index contributed by atoms with van der Waals surface area (Å²) < 4.78 is 4.79. The molecule has 6 aromatic heterocycles. The van der Waals surface area contributed by atoms with Gasteiger partial charge in [0.2, 0.25) is 11.8 Å². The standard InChI is InChI=1S/C15H26N2OS.C13H22N2OS.C13H21NO2S.C13H23NOS.C12H21NS.C11H20N2S/c1-10(2)12(7-8-14(18)17(5)6)15-16-13(9-19-15)11(3)4;1-8(2)10(5-6-12(14)16)13-15-11(7-17-13)9(3)4;1-9(2)11(5-6-16-8-15)13-14-12(7-17-13)10(3)4;1-9(2)11(6-5-7-15)13-14-12(8-16-13)10(3)4;1-6-10(8(2)3)12-13-11(7-14-12)9(4)5;1-7(2)9(5-12)11-13-10(6-14-11)8(3)4/h9-12H,7-8H2,1-6H3;7-10H,5-6H2,1-4H3,(H2,14,16);7-11H,5-6H2,1-4H3;8-11,15H,5-7H2,1-4H3;7-10H,6H2,1-5H3;6-9H,5,12H2,1-4H3. The second-order valence-corrected chi connectivity index (χ2v) is 35.1. The Bertz CT molecular complexity index is 2960. The molecule has 14 nitrogen and oxygen atoms in total. The maximum Gasteiger partial charge on any atom is 0.293 e. The van der Waals surface area contributed by atoms with Gasteiger partial charge >= 0.3 is 0 Å². The maximum atomic E-state index is 11.7. The van der Waals surface area contributed by atoms with Crippen LogP contribution in [-0.2, 0) is 19.1 Å². The first-order valence-corrected chi connectivity index (χ1v) is 41.3. The van der Waals surface area contributed by atoms with E-state index in [1.807, 2.05) is 25.4 Å². The molecule has 0 aromatic carbocycles. The molecule has 0 spiro atoms. The van der Waals surface area contributed by atoms with Gasteiger partial charge in [0.25, 0.3) is 6.47 Å². The molecule has 5 N–H and O–H groups in total. The summed E-state index contributed by atoms with van der Waals surface area (Å²) in [5, 5.41) is 29.1. The van der Waals surface area contributed by atoms with Crippen molar-refractivity contribution in [1.29, 1.82) is 0 Å². The summed E-state index contributed by atoms with van der Waals surface area (Å²) in [4.78, 5) is 62.6. The highest BCUT2D eigenvalue weighted by atomic mass is 32.1. The number of hydrogen-bond acceptors (Lipinski definition) is 18. The lowest BCUT2D eigenvalue weighted by Crippen LogP contribution is -2.22. The van der Waals surface area contributed by atoms with E-state index in [-0.39, 0.29) is 18.4 Å². The fourth-order valence-electron chi connectivity index (χ4n) is 10.3. The van der Waals surface area contributed by atoms with Crippen LogP contribution in [0.1, 0.15) is 360 Å². The Balaban J connectivity index is 0.000000584. The maximum absolute atomic E-state index is 11.7. The van der Waals surface area contributed by atoms with E-state index in [1.54, 1.807) is 61.6 Å². The summed E-state index contributed by atoms with van der Waals surface area (Å²) in [5.41, 5.74) is 18.1. The smallest absolute Gasteiger partial charge is 0.293 e. The van der Waals surface area contributed by atoms with Gasteiger partial charge in [-0.15, -0.1) is 68.0 Å². The molecule has 2 amide bonds. The number of carbonyl (C=O) groups excluding carboxylic acids is 3. The predicted molar refractivity (Wildman–Crippen MR) is 421 cm³/mol. The quantitative estimate of drug-likeness (QED) is 0.0259. The number of aliphatic hydroxyl groups is 1. The first-order chi connectivity index (χ1) is 45.5. The van der Waals surface area contributed by atoms with Crippen molar-refractivity contribution in [2.45, 2.75) is 295 Å². The van der Waals surface area contributed by atoms with E-state index in [9.17, 15) is 14.4 Å². The molecular weight excluding hydrogens is 1320 g/mol. The zero-order valence-electron chi connectivity index (χ0n) is 65.0. The third-order valence-electron chi connectivity index (χ3n) is 17.4. The van der Waals surface area contributed by atoms with Crippen LogP contribution < -0.4 is 11.5 Å². The lowest BCUT2D eigenvalue weighted by molar-refractivity contribution is -0.129. The van der Waals surface area contributed by atoms with Crippen molar-refractivity contribution in [2.24, 2.45) is 47.0 Å². The SMILES string of the molecule is CC(C)c1csc(C(CCC(=O)N(C)C)C(C)C)n1.CC(C)c1csc(C(CCC(N)=O)C(C)C)n1.CC(C)c1csc(C(CCCO)C(C)C)n1.CC(C)c1csc(C(CCOC=O)C(C)C)n1.CC(C)c1csc(C(CN)C(C)C)n1.CCC(c1nc(C(C)C)cs1)C(C)C. The number of amides is 2. The van der Waals surface area contributed by atoms with Crippen LogP contribution in [-0.4, -0.2) is 92.1 Å². The number of rotatable bonds is 33. The molecule has 0 aliphatic rings. The molecular formula is C77H133N9O5S6. The first kappa shape index (κ1) is 91.1. The Morgan fingerprint density at radius 1 is 0.433 bits per heavy atom. The minimum Gasteiger partial charge on any atom is -0.468 e. The second kappa shape index (κ2) is 48.1. The molecule has 97 heavy (non-hydrogen) atoms. The van der Waals surface area contributed by atoms with Crippen LogP contribution in [0.4, 0.5) is 0 Å². The van der Waals surface area contributed by atoms with Crippen molar-refractivity contribution in [2.75, 3.05) is 33.9 Å². The molecule has 6 rings (SSSR count). The molecule has 0 saturated carbocycles. The normalized spacial score (nSPS) is 13.5. The molecule has 6 atom stereocenters. The number of ether oxygens (including phenoxy) is 1. The van der Waals surface area contributed by atoms with Gasteiger partial charge in [-0.1, -0.05) is 173 Å². The molecule has 0 saturated heterocycles. The number of aliphatic hydroxyl groups excluding tert-OH is 1. The summed E-state index contributed by atoms with van der Waals surface area (Å²) in [5.74, 6) is 9.05. The summed E-state index contributed by atoms with van der Waals surface area (Å²) >= 11 is 10.5. The van der Waals surface area contributed by atoms with E-state index in [0.717, 1.165) is 53.5 Å². The topological polar surface area (TPSA) is 213 Å². The number of primary amides is 1. The van der Waals surface area contributed by atoms with Crippen LogP contribution >= 0.6 is 68.0 Å². The Morgan fingerprint density at radius 3 is 0.907 bits per heavy atom. The van der Waals surface area contributed by atoms with Crippen LogP contribution in [0.2, 0.25) is 0 Å². The van der Waals surface area contributed by atoms with E-state index in [0.29, 0.717) is 139 Å². The highest BCUT2D eigenvalue weighted by Gasteiger charge is 2.26. The number of nitrogens with two attached hydrogens (primary N) is 2. The van der Waals surface area contributed by atoms with Crippen molar-refractivity contribution < 1.29 is 24.2 Å². The molecule has 552 valence electrons. The first-order valence-electron chi connectivity index (χ1n) is 36.0. The fourth-order valence-corrected chi connectivity index (χ4v) is 18.1. The van der Waals surface area contributed by atoms with Gasteiger partial charge in [0.15, 0.2) is 0 Å². The van der Waals surface area contributed by atoms with Crippen molar-refractivity contribution in [3.05, 3.63) is 96.5 Å². The van der Waals surface area contributed by atoms with Gasteiger partial charge in [-0.05, 0) is 110 Å². The van der Waals surface area contributed by atoms with Gasteiger partial charge in [-0.25, -0.2) is 29.9 Å². The Kier molecular flexibility index (Phi) is 45.2. The van der Waals surface area contributed by atoms with Crippen LogP contribution in [0.5, 0.6) is 0 Å². The van der Waals surface area contributed by atoms with E-state index >= 15 is 0 Å². The molecule has 20 heteroatoms. The van der Waals surface area contributed by atoms with Crippen molar-refractivity contribution >= 4 is 86.3 Å². The minimum atomic E-state index is -0.226. The Labute approximate surface area is 613 Å². The zero-order chi connectivity index (χ0) is 74.0. The second-order valence-electron chi connectivity index (χ2n) is 29.8. The van der Waals surface area contributed by atoms with Crippen LogP contribution in [0.15, 0.2) is 32.3 Å². The van der Waals surface area contributed by atoms with E-state index in [1.165, 1.54) is 49.2 Å². The van der Waals surface area contributed by atoms with E-state index in [4.69, 9.17) is 36.3 Å². The van der Waals surface area contributed by atoms with Crippen molar-refractivity contribution in [3.8, 4) is 0 Å². The van der Waals surface area contributed by atoms with Gasteiger partial charge in [0.1, 0.15) is 0 Å². The van der Waals surface area contributed by atoms with Gasteiger partial charge in [0.05, 0.1) is 70.8 Å². The molecule has 0 radical (unpaired) electrons. The molecule has 0 aliphatic heterocycles. The molecule has 0 aliphatic carbocycles. The fraction of sp³-hybridized carbons (Fsp3) is 0.727. The minimum absolute atomic E-state index is 0.200. The number of aromatic nitrogens is 6. The number of carbonyl (C=O) groups is 3. The largest absolute Gasteiger partial charge is 0.468 e. The van der Waals surface area contributed by atoms with Crippen molar-refractivity contribution in [3.63, 3.8) is 0 Å². The highest BCUT2D eigenvalue weighted by molar-refractivity contribution is 7.11. The van der Waals surface area contributed by atoms with E-state index < -0.39 is 0 Å².